The Hall–Kier alpha value is -3.07. The summed E-state index contributed by atoms with van der Waals surface area (Å²) in [7, 11) is 0. The van der Waals surface area contributed by atoms with E-state index in [2.05, 4.69) is 5.32 Å². The van der Waals surface area contributed by atoms with Gasteiger partial charge in [-0.15, -0.1) is 0 Å². The van der Waals surface area contributed by atoms with E-state index in [9.17, 15) is 15.2 Å². The van der Waals surface area contributed by atoms with Gasteiger partial charge >= 0.3 is 0 Å². The summed E-state index contributed by atoms with van der Waals surface area (Å²) in [5.41, 5.74) is 1.53. The molecular formula is C15H13N3O3. The van der Waals surface area contributed by atoms with Crippen LogP contribution in [0.15, 0.2) is 42.5 Å². The zero-order valence-corrected chi connectivity index (χ0v) is 11.1. The van der Waals surface area contributed by atoms with Gasteiger partial charge < -0.3 is 10.4 Å². The molecule has 106 valence electrons. The van der Waals surface area contributed by atoms with Crippen molar-refractivity contribution in [3.05, 3.63) is 63.7 Å². The number of hydrogen-bond acceptors (Lipinski definition) is 5. The average Bonchev–Trinajstić information content (AvgIpc) is 2.47. The number of phenolic OH excluding ortho intramolecular Hbond substituents is 1. The lowest BCUT2D eigenvalue weighted by molar-refractivity contribution is -0.384. The third-order valence-corrected chi connectivity index (χ3v) is 2.96. The van der Waals surface area contributed by atoms with Crippen molar-refractivity contribution in [1.29, 1.82) is 5.26 Å². The van der Waals surface area contributed by atoms with Gasteiger partial charge in [0.05, 0.1) is 16.6 Å². The number of phenols is 1. The van der Waals surface area contributed by atoms with Crippen LogP contribution < -0.4 is 5.32 Å². The molecule has 6 nitrogen and oxygen atoms in total. The van der Waals surface area contributed by atoms with Crippen LogP contribution in [-0.4, -0.2) is 16.6 Å². The molecular weight excluding hydrogens is 270 g/mol. The van der Waals surface area contributed by atoms with Crippen LogP contribution in [0.2, 0.25) is 0 Å². The predicted molar refractivity (Wildman–Crippen MR) is 78.1 cm³/mol. The van der Waals surface area contributed by atoms with Crippen molar-refractivity contribution >= 4 is 11.4 Å². The van der Waals surface area contributed by atoms with E-state index in [0.717, 1.165) is 5.56 Å². The second kappa shape index (κ2) is 6.39. The molecule has 0 aromatic heterocycles. The van der Waals surface area contributed by atoms with Crippen LogP contribution in [0.5, 0.6) is 5.75 Å². The Labute approximate surface area is 121 Å². The lowest BCUT2D eigenvalue weighted by atomic mass is 10.1. The first-order valence-corrected chi connectivity index (χ1v) is 6.30. The van der Waals surface area contributed by atoms with E-state index in [1.807, 2.05) is 12.1 Å². The first kappa shape index (κ1) is 14.3. The number of nitro groups is 1. The molecule has 2 aromatic rings. The van der Waals surface area contributed by atoms with E-state index in [0.29, 0.717) is 24.2 Å². The minimum atomic E-state index is -0.488. The minimum Gasteiger partial charge on any atom is -0.508 e. The maximum absolute atomic E-state index is 10.9. The number of aromatic hydroxyl groups is 1. The number of nitrogens with zero attached hydrogens (tertiary/aromatic N) is 2. The number of hydrogen-bond donors (Lipinski definition) is 2. The molecule has 0 amide bonds. The third-order valence-electron chi connectivity index (χ3n) is 2.96. The topological polar surface area (TPSA) is 99.2 Å². The summed E-state index contributed by atoms with van der Waals surface area (Å²) < 4.78 is 0. The molecule has 6 heteroatoms. The van der Waals surface area contributed by atoms with Crippen LogP contribution in [0.1, 0.15) is 11.1 Å². The second-order valence-corrected chi connectivity index (χ2v) is 4.45. The molecule has 0 heterocycles. The third kappa shape index (κ3) is 3.70. The Kier molecular flexibility index (Phi) is 4.36. The van der Waals surface area contributed by atoms with Crippen LogP contribution >= 0.6 is 0 Å². The first-order chi connectivity index (χ1) is 10.1. The SMILES string of the molecule is N#Cc1ccc([N+](=O)[O-])c(NCCc2cccc(O)c2)c1. The number of benzene rings is 2. The summed E-state index contributed by atoms with van der Waals surface area (Å²) in [6.45, 7) is 0.458. The lowest BCUT2D eigenvalue weighted by Gasteiger charge is -2.08. The number of anilines is 1. The summed E-state index contributed by atoms with van der Waals surface area (Å²) >= 11 is 0. The van der Waals surface area contributed by atoms with Crippen molar-refractivity contribution < 1.29 is 10.0 Å². The molecule has 0 atom stereocenters. The molecule has 2 aromatic carbocycles. The van der Waals surface area contributed by atoms with E-state index in [1.165, 1.54) is 18.2 Å². The van der Waals surface area contributed by atoms with Crippen LogP contribution in [-0.2, 0) is 6.42 Å². The fraction of sp³-hybridized carbons (Fsp3) is 0.133. The molecule has 0 fully saturated rings. The Bertz CT molecular complexity index is 708. The van der Waals surface area contributed by atoms with Crippen molar-refractivity contribution in [3.63, 3.8) is 0 Å². The Morgan fingerprint density at radius 3 is 2.76 bits per heavy atom. The van der Waals surface area contributed by atoms with Crippen LogP contribution in [0.3, 0.4) is 0 Å². The maximum Gasteiger partial charge on any atom is 0.292 e. The molecule has 2 rings (SSSR count). The maximum atomic E-state index is 10.9. The molecule has 0 spiro atoms. The van der Waals surface area contributed by atoms with Crippen molar-refractivity contribution in [2.75, 3.05) is 11.9 Å². The highest BCUT2D eigenvalue weighted by molar-refractivity contribution is 5.64. The molecule has 0 radical (unpaired) electrons. The fourth-order valence-electron chi connectivity index (χ4n) is 1.96. The smallest absolute Gasteiger partial charge is 0.292 e. The standard InChI is InChI=1S/C15H13N3O3/c16-10-12-4-5-15(18(20)21)14(9-12)17-7-6-11-2-1-3-13(19)8-11/h1-5,8-9,17,19H,6-7H2. The van der Waals surface area contributed by atoms with Crippen molar-refractivity contribution in [2.24, 2.45) is 0 Å². The van der Waals surface area contributed by atoms with Gasteiger partial charge in [0.2, 0.25) is 0 Å². The molecule has 21 heavy (non-hydrogen) atoms. The van der Waals surface area contributed by atoms with E-state index >= 15 is 0 Å². The van der Waals surface area contributed by atoms with Crippen molar-refractivity contribution in [2.45, 2.75) is 6.42 Å². The van der Waals surface area contributed by atoms with Gasteiger partial charge in [-0.1, -0.05) is 12.1 Å². The molecule has 0 saturated carbocycles. The Morgan fingerprint density at radius 2 is 2.10 bits per heavy atom. The van der Waals surface area contributed by atoms with E-state index in [4.69, 9.17) is 5.26 Å². The van der Waals surface area contributed by atoms with Gasteiger partial charge in [0.15, 0.2) is 0 Å². The van der Waals surface area contributed by atoms with Crippen molar-refractivity contribution in [1.82, 2.24) is 0 Å². The second-order valence-electron chi connectivity index (χ2n) is 4.45. The number of nitriles is 1. The number of nitro benzene ring substituents is 1. The number of rotatable bonds is 5. The normalized spacial score (nSPS) is 9.86. The summed E-state index contributed by atoms with van der Waals surface area (Å²) in [6, 6.07) is 13.0. The fourth-order valence-corrected chi connectivity index (χ4v) is 1.96. The van der Waals surface area contributed by atoms with Crippen LogP contribution in [0.4, 0.5) is 11.4 Å². The molecule has 0 saturated heterocycles. The van der Waals surface area contributed by atoms with Crippen LogP contribution in [0.25, 0.3) is 0 Å². The minimum absolute atomic E-state index is 0.0649. The molecule has 0 aliphatic heterocycles. The van der Waals surface area contributed by atoms with Gasteiger partial charge in [0.1, 0.15) is 11.4 Å². The number of nitrogens with one attached hydrogen (secondary N) is 1. The molecule has 0 unspecified atom stereocenters. The van der Waals surface area contributed by atoms with E-state index < -0.39 is 4.92 Å². The first-order valence-electron chi connectivity index (χ1n) is 6.30. The van der Waals surface area contributed by atoms with E-state index in [1.54, 1.807) is 18.2 Å². The summed E-state index contributed by atoms with van der Waals surface area (Å²) in [4.78, 5) is 10.5. The van der Waals surface area contributed by atoms with Gasteiger partial charge in [-0.05, 0) is 36.2 Å². The summed E-state index contributed by atoms with van der Waals surface area (Å²) in [6.07, 6.45) is 0.600. The zero-order valence-electron chi connectivity index (χ0n) is 11.1. The monoisotopic (exact) mass is 283 g/mol. The summed E-state index contributed by atoms with van der Waals surface area (Å²) in [5.74, 6) is 0.185. The molecule has 0 aliphatic rings. The van der Waals surface area contributed by atoms with Gasteiger partial charge in [0, 0.05) is 12.6 Å². The Morgan fingerprint density at radius 1 is 1.29 bits per heavy atom. The Balaban J connectivity index is 2.09. The van der Waals surface area contributed by atoms with Crippen LogP contribution in [0, 0.1) is 21.4 Å². The van der Waals surface area contributed by atoms with E-state index in [-0.39, 0.29) is 11.4 Å². The highest BCUT2D eigenvalue weighted by Crippen LogP contribution is 2.25. The summed E-state index contributed by atoms with van der Waals surface area (Å²) in [5, 5.41) is 32.1. The van der Waals surface area contributed by atoms with Gasteiger partial charge in [-0.25, -0.2) is 0 Å². The zero-order chi connectivity index (χ0) is 15.2. The van der Waals surface area contributed by atoms with Crippen molar-refractivity contribution in [3.8, 4) is 11.8 Å². The molecule has 2 N–H and O–H groups in total. The van der Waals surface area contributed by atoms with Gasteiger partial charge in [-0.3, -0.25) is 10.1 Å². The predicted octanol–water partition coefficient (Wildman–Crippen LogP) is 2.83. The van der Waals surface area contributed by atoms with Gasteiger partial charge in [-0.2, -0.15) is 5.26 Å². The lowest BCUT2D eigenvalue weighted by Crippen LogP contribution is -2.07. The molecule has 0 bridgehead atoms. The quantitative estimate of drug-likeness (QED) is 0.649. The highest BCUT2D eigenvalue weighted by Gasteiger charge is 2.13. The molecule has 0 aliphatic carbocycles. The van der Waals surface area contributed by atoms with Gasteiger partial charge in [0.25, 0.3) is 5.69 Å². The average molecular weight is 283 g/mol. The highest BCUT2D eigenvalue weighted by atomic mass is 16.6. The largest absolute Gasteiger partial charge is 0.508 e.